The van der Waals surface area contributed by atoms with Gasteiger partial charge in [0.1, 0.15) is 11.4 Å². The minimum Gasteiger partial charge on any atom is -0.406 e. The summed E-state index contributed by atoms with van der Waals surface area (Å²) in [6, 6.07) is 10.2. The van der Waals surface area contributed by atoms with E-state index in [2.05, 4.69) is 10.1 Å². The zero-order valence-corrected chi connectivity index (χ0v) is 15.1. The van der Waals surface area contributed by atoms with Crippen molar-refractivity contribution in [3.05, 3.63) is 53.7 Å². The molecule has 0 aliphatic rings. The number of nitrogens with two attached hydrogens (primary N) is 3. The summed E-state index contributed by atoms with van der Waals surface area (Å²) in [5.74, 6) is -0.847. The molecule has 0 aliphatic heterocycles. The summed E-state index contributed by atoms with van der Waals surface area (Å²) < 4.78 is 40.7. The van der Waals surface area contributed by atoms with E-state index < -0.39 is 12.3 Å². The Morgan fingerprint density at radius 2 is 1.75 bits per heavy atom. The minimum absolute atomic E-state index is 0.0185. The molecule has 0 spiro atoms. The van der Waals surface area contributed by atoms with Crippen LogP contribution in [0.15, 0.2) is 48.2 Å². The number of rotatable bonds is 6. The van der Waals surface area contributed by atoms with Crippen LogP contribution < -0.4 is 27.3 Å². The largest absolute Gasteiger partial charge is 0.573 e. The average molecular weight is 394 g/mol. The summed E-state index contributed by atoms with van der Waals surface area (Å²) in [6.07, 6.45) is -4.03. The summed E-state index contributed by atoms with van der Waals surface area (Å²) in [4.78, 5) is 12.0. The van der Waals surface area contributed by atoms with Crippen LogP contribution in [-0.4, -0.2) is 18.8 Å². The molecule has 0 fully saturated rings. The highest BCUT2D eigenvalue weighted by Gasteiger charge is 2.31. The number of ether oxygens (including phenoxy) is 1. The third-order valence-corrected chi connectivity index (χ3v) is 3.87. The summed E-state index contributed by atoms with van der Waals surface area (Å²) in [5.41, 5.74) is 19.6. The molecule has 0 bridgehead atoms. The number of hydrogen-bond acceptors (Lipinski definition) is 5. The molecule has 0 radical (unpaired) electrons. The van der Waals surface area contributed by atoms with Gasteiger partial charge in [0.2, 0.25) is 0 Å². The third-order valence-electron chi connectivity index (χ3n) is 3.87. The molecule has 2 aromatic rings. The number of alkyl halides is 3. The number of carbonyl (C=O) groups is 1. The maximum absolute atomic E-state index is 12.3. The summed E-state index contributed by atoms with van der Waals surface area (Å²) in [7, 11) is 0. The highest BCUT2D eigenvalue weighted by molar-refractivity contribution is 6.01. The first-order valence-electron chi connectivity index (χ1n) is 8.42. The van der Waals surface area contributed by atoms with Crippen molar-refractivity contribution in [1.29, 1.82) is 0 Å². The molecule has 0 saturated carbocycles. The van der Waals surface area contributed by atoms with Crippen molar-refractivity contribution in [2.24, 2.45) is 11.5 Å². The van der Waals surface area contributed by atoms with E-state index in [4.69, 9.17) is 17.2 Å². The van der Waals surface area contributed by atoms with Crippen LogP contribution in [-0.2, 0) is 4.79 Å². The zero-order chi connectivity index (χ0) is 20.9. The van der Waals surface area contributed by atoms with Crippen LogP contribution in [0.2, 0.25) is 0 Å². The van der Waals surface area contributed by atoms with Crippen LogP contribution in [0.5, 0.6) is 5.75 Å². The molecule has 7 N–H and O–H groups in total. The monoisotopic (exact) mass is 394 g/mol. The van der Waals surface area contributed by atoms with Gasteiger partial charge in [-0.1, -0.05) is 37.3 Å². The molecule has 0 atom stereocenters. The van der Waals surface area contributed by atoms with Gasteiger partial charge in [0.05, 0.1) is 5.70 Å². The van der Waals surface area contributed by atoms with E-state index in [1.807, 2.05) is 6.92 Å². The Labute approximate surface area is 160 Å². The fourth-order valence-electron chi connectivity index (χ4n) is 2.49. The van der Waals surface area contributed by atoms with Gasteiger partial charge in [0.15, 0.2) is 0 Å². The molecule has 1 amide bonds. The Bertz CT molecular complexity index is 878. The Kier molecular flexibility index (Phi) is 6.40. The first-order valence-corrected chi connectivity index (χ1v) is 8.42. The Morgan fingerprint density at radius 3 is 2.32 bits per heavy atom. The number of nitrogen functional groups attached to an aromatic ring is 1. The lowest BCUT2D eigenvalue weighted by Gasteiger charge is -2.14. The van der Waals surface area contributed by atoms with Gasteiger partial charge < -0.3 is 27.3 Å². The van der Waals surface area contributed by atoms with Gasteiger partial charge in [-0.3, -0.25) is 4.79 Å². The molecule has 2 aromatic carbocycles. The highest BCUT2D eigenvalue weighted by atomic mass is 19.4. The fraction of sp³-hybridized carbons (Fsp3) is 0.211. The number of halogens is 3. The summed E-state index contributed by atoms with van der Waals surface area (Å²) >= 11 is 0. The first-order chi connectivity index (χ1) is 13.1. The molecule has 6 nitrogen and oxygen atoms in total. The standard InChI is InChI=1S/C19H21F3N4O2/c1-2-10-26-18(27)17(25)16(24)14-5-3-4-13(15(14)23)11-6-8-12(9-7-11)28-19(20,21)22/h3-9H,2,10,23-25H2,1H3,(H,26,27)/b17-16+. The van der Waals surface area contributed by atoms with E-state index in [1.54, 1.807) is 18.2 Å². The van der Waals surface area contributed by atoms with Crippen molar-refractivity contribution in [2.75, 3.05) is 12.3 Å². The van der Waals surface area contributed by atoms with Crippen LogP contribution in [0, 0.1) is 0 Å². The summed E-state index contributed by atoms with van der Waals surface area (Å²) in [6.45, 7) is 2.35. The minimum atomic E-state index is -4.77. The molecule has 0 heterocycles. The van der Waals surface area contributed by atoms with E-state index in [-0.39, 0.29) is 22.8 Å². The molecule has 9 heteroatoms. The lowest BCUT2D eigenvalue weighted by Crippen LogP contribution is -2.31. The van der Waals surface area contributed by atoms with Crippen LogP contribution >= 0.6 is 0 Å². The normalized spacial score (nSPS) is 12.3. The average Bonchev–Trinajstić information content (AvgIpc) is 2.64. The van der Waals surface area contributed by atoms with Crippen molar-refractivity contribution in [2.45, 2.75) is 19.7 Å². The molecule has 150 valence electrons. The van der Waals surface area contributed by atoms with Crippen LogP contribution in [0.25, 0.3) is 16.8 Å². The van der Waals surface area contributed by atoms with E-state index >= 15 is 0 Å². The van der Waals surface area contributed by atoms with Gasteiger partial charge in [0, 0.05) is 23.4 Å². The third kappa shape index (κ3) is 5.09. The number of anilines is 1. The topological polar surface area (TPSA) is 116 Å². The number of nitrogens with one attached hydrogen (secondary N) is 1. The molecule has 2 rings (SSSR count). The quantitative estimate of drug-likeness (QED) is 0.444. The molecular formula is C19H21F3N4O2. The second-order valence-electron chi connectivity index (χ2n) is 5.92. The Balaban J connectivity index is 2.36. The summed E-state index contributed by atoms with van der Waals surface area (Å²) in [5, 5.41) is 2.62. The van der Waals surface area contributed by atoms with Crippen molar-refractivity contribution in [1.82, 2.24) is 5.32 Å². The van der Waals surface area contributed by atoms with E-state index in [1.165, 1.54) is 24.3 Å². The zero-order valence-electron chi connectivity index (χ0n) is 15.1. The van der Waals surface area contributed by atoms with Crippen molar-refractivity contribution >= 4 is 17.3 Å². The molecule has 0 aliphatic carbocycles. The van der Waals surface area contributed by atoms with Crippen LogP contribution in [0.1, 0.15) is 18.9 Å². The molecule has 0 saturated heterocycles. The highest BCUT2D eigenvalue weighted by Crippen LogP contribution is 2.33. The predicted octanol–water partition coefficient (Wildman–Crippen LogP) is 2.95. The number of carbonyl (C=O) groups excluding carboxylic acids is 1. The van der Waals surface area contributed by atoms with Crippen molar-refractivity contribution in [3.63, 3.8) is 0 Å². The molecule has 0 unspecified atom stereocenters. The molecular weight excluding hydrogens is 373 g/mol. The van der Waals surface area contributed by atoms with Gasteiger partial charge in [-0.25, -0.2) is 0 Å². The maximum atomic E-state index is 12.3. The van der Waals surface area contributed by atoms with Gasteiger partial charge >= 0.3 is 6.36 Å². The second kappa shape index (κ2) is 8.55. The number of amides is 1. The van der Waals surface area contributed by atoms with E-state index in [0.717, 1.165) is 6.42 Å². The van der Waals surface area contributed by atoms with E-state index in [9.17, 15) is 18.0 Å². The van der Waals surface area contributed by atoms with E-state index in [0.29, 0.717) is 23.2 Å². The Morgan fingerprint density at radius 1 is 1.11 bits per heavy atom. The van der Waals surface area contributed by atoms with Crippen molar-refractivity contribution in [3.8, 4) is 16.9 Å². The predicted molar refractivity (Wildman–Crippen MR) is 102 cm³/mol. The van der Waals surface area contributed by atoms with Gasteiger partial charge in [-0.2, -0.15) is 0 Å². The van der Waals surface area contributed by atoms with Gasteiger partial charge in [-0.05, 0) is 24.1 Å². The number of hydrogen-bond donors (Lipinski definition) is 4. The number of para-hydroxylation sites is 1. The molecule has 0 aromatic heterocycles. The molecule has 28 heavy (non-hydrogen) atoms. The number of benzene rings is 2. The SMILES string of the molecule is CCCNC(=O)/C(N)=C(\N)c1cccc(-c2ccc(OC(F)(F)F)cc2)c1N. The first kappa shape index (κ1) is 20.9. The maximum Gasteiger partial charge on any atom is 0.573 e. The lowest BCUT2D eigenvalue weighted by molar-refractivity contribution is -0.274. The smallest absolute Gasteiger partial charge is 0.406 e. The fourth-order valence-corrected chi connectivity index (χ4v) is 2.49. The van der Waals surface area contributed by atoms with Crippen LogP contribution in [0.3, 0.4) is 0 Å². The van der Waals surface area contributed by atoms with Crippen LogP contribution in [0.4, 0.5) is 18.9 Å². The lowest BCUT2D eigenvalue weighted by atomic mass is 9.98. The second-order valence-corrected chi connectivity index (χ2v) is 5.92. The van der Waals surface area contributed by atoms with Crippen molar-refractivity contribution < 1.29 is 22.7 Å². The Hall–Kier alpha value is -3.36. The van der Waals surface area contributed by atoms with Gasteiger partial charge in [0.25, 0.3) is 5.91 Å². The van der Waals surface area contributed by atoms with Gasteiger partial charge in [-0.15, -0.1) is 13.2 Å².